The smallest absolute Gasteiger partial charge is 0.255 e. The van der Waals surface area contributed by atoms with Crippen molar-refractivity contribution in [2.24, 2.45) is 5.73 Å². The van der Waals surface area contributed by atoms with E-state index in [4.69, 9.17) is 22.7 Å². The largest absolute Gasteiger partial charge is 0.506 e. The number of methoxy groups -OCH3 is 1. The number of nitrogens with one attached hydrogen (secondary N) is 1. The van der Waals surface area contributed by atoms with Crippen LogP contribution < -0.4 is 10.5 Å². The molecule has 2 rings (SSSR count). The summed E-state index contributed by atoms with van der Waals surface area (Å²) in [7, 11) is 1.50. The maximum Gasteiger partial charge on any atom is 0.255 e. The molecule has 0 aliphatic rings. The number of pyridine rings is 1. The third-order valence-electron chi connectivity index (χ3n) is 2.45. The number of aromatic nitrogens is 1. The molecule has 0 saturated carbocycles. The number of fused-ring (bicyclic) bond motifs is 1. The van der Waals surface area contributed by atoms with Crippen LogP contribution in [0.2, 0.25) is 0 Å². The van der Waals surface area contributed by atoms with Gasteiger partial charge in [-0.15, -0.1) is 0 Å². The molecule has 2 aromatic rings. The molecule has 6 heteroatoms. The second kappa shape index (κ2) is 4.06. The lowest BCUT2D eigenvalue weighted by Crippen LogP contribution is -2.12. The van der Waals surface area contributed by atoms with Gasteiger partial charge in [0.25, 0.3) is 5.91 Å². The number of hydrogen-bond donors (Lipinski definition) is 3. The third-order valence-corrected chi connectivity index (χ3v) is 2.76. The fourth-order valence-electron chi connectivity index (χ4n) is 1.67. The second-order valence-electron chi connectivity index (χ2n) is 3.42. The molecular weight excluding hydrogens is 240 g/mol. The van der Waals surface area contributed by atoms with Gasteiger partial charge in [0.15, 0.2) is 0 Å². The number of carbonyl (C=O) groups is 1. The summed E-state index contributed by atoms with van der Waals surface area (Å²) in [6.45, 7) is 0. The summed E-state index contributed by atoms with van der Waals surface area (Å²) in [6, 6.07) is 5.06. The van der Waals surface area contributed by atoms with Crippen LogP contribution in [0.5, 0.6) is 11.5 Å². The van der Waals surface area contributed by atoms with Gasteiger partial charge in [0.05, 0.1) is 12.6 Å². The van der Waals surface area contributed by atoms with Crippen molar-refractivity contribution in [2.45, 2.75) is 0 Å². The molecular formula is C11H10N2O3S. The lowest BCUT2D eigenvalue weighted by atomic mass is 10.1. The van der Waals surface area contributed by atoms with Crippen LogP contribution in [0.15, 0.2) is 18.2 Å². The van der Waals surface area contributed by atoms with Gasteiger partial charge < -0.3 is 20.6 Å². The first-order chi connectivity index (χ1) is 8.06. The fraction of sp³-hybridized carbons (Fsp3) is 0.0909. The number of carbonyl (C=O) groups excluding carboxylic acids is 1. The van der Waals surface area contributed by atoms with Crippen molar-refractivity contribution >= 4 is 29.0 Å². The lowest BCUT2D eigenvalue weighted by Gasteiger charge is -2.09. The minimum atomic E-state index is -0.770. The van der Waals surface area contributed by atoms with Crippen molar-refractivity contribution in [1.29, 1.82) is 0 Å². The molecule has 1 heterocycles. The molecule has 0 aliphatic heterocycles. The van der Waals surface area contributed by atoms with Gasteiger partial charge in [-0.1, -0.05) is 18.3 Å². The number of aromatic hydroxyl groups is 1. The zero-order valence-corrected chi connectivity index (χ0v) is 9.80. The first-order valence-electron chi connectivity index (χ1n) is 4.78. The van der Waals surface area contributed by atoms with E-state index in [1.807, 2.05) is 0 Å². The molecule has 4 N–H and O–H groups in total. The highest BCUT2D eigenvalue weighted by molar-refractivity contribution is 7.71. The average Bonchev–Trinajstić information content (AvgIpc) is 2.28. The van der Waals surface area contributed by atoms with Crippen molar-refractivity contribution in [3.63, 3.8) is 0 Å². The molecule has 1 aromatic heterocycles. The van der Waals surface area contributed by atoms with Gasteiger partial charge in [0, 0.05) is 5.39 Å². The first-order valence-corrected chi connectivity index (χ1v) is 5.19. The molecule has 88 valence electrons. The van der Waals surface area contributed by atoms with Crippen LogP contribution >= 0.6 is 12.2 Å². The summed E-state index contributed by atoms with van der Waals surface area (Å²) >= 11 is 4.98. The van der Waals surface area contributed by atoms with Gasteiger partial charge >= 0.3 is 0 Å². The lowest BCUT2D eigenvalue weighted by molar-refractivity contribution is 0.0997. The fourth-order valence-corrected chi connectivity index (χ4v) is 1.97. The highest BCUT2D eigenvalue weighted by Gasteiger charge is 2.15. The van der Waals surface area contributed by atoms with E-state index in [1.54, 1.807) is 18.2 Å². The Hall–Kier alpha value is -2.08. The summed E-state index contributed by atoms with van der Waals surface area (Å²) in [5.41, 5.74) is 5.61. The Bertz CT molecular complexity index is 664. The molecule has 5 nitrogen and oxygen atoms in total. The van der Waals surface area contributed by atoms with Gasteiger partial charge in [-0.25, -0.2) is 0 Å². The van der Waals surface area contributed by atoms with E-state index in [2.05, 4.69) is 4.98 Å². The number of para-hydroxylation sites is 1. The summed E-state index contributed by atoms with van der Waals surface area (Å²) in [6.07, 6.45) is 0. The highest BCUT2D eigenvalue weighted by Crippen LogP contribution is 2.32. The topological polar surface area (TPSA) is 88.3 Å². The zero-order valence-electron chi connectivity index (χ0n) is 8.98. The number of aromatic amines is 1. The van der Waals surface area contributed by atoms with E-state index in [-0.39, 0.29) is 16.0 Å². The third kappa shape index (κ3) is 1.72. The van der Waals surface area contributed by atoms with E-state index in [9.17, 15) is 9.90 Å². The molecule has 0 fully saturated rings. The molecule has 0 radical (unpaired) electrons. The molecule has 0 unspecified atom stereocenters. The standard InChI is InChI=1S/C11H10N2O3S/c1-16-6-4-2-3-5-8(6)13-11(17)7(9(5)14)10(12)15/h2-4H,1H3,(H2,12,15)(H2,13,14,17). The first kappa shape index (κ1) is 11.4. The molecule has 0 bridgehead atoms. The number of primary amides is 1. The number of nitrogens with two attached hydrogens (primary N) is 1. The van der Waals surface area contributed by atoms with Crippen LogP contribution in [0, 0.1) is 4.64 Å². The molecule has 1 aromatic carbocycles. The Morgan fingerprint density at radius 1 is 1.53 bits per heavy atom. The van der Waals surface area contributed by atoms with Crippen LogP contribution in [0.1, 0.15) is 10.4 Å². The van der Waals surface area contributed by atoms with Gasteiger partial charge in [0.2, 0.25) is 0 Å². The van der Waals surface area contributed by atoms with Crippen LogP contribution in [-0.2, 0) is 0 Å². The second-order valence-corrected chi connectivity index (χ2v) is 3.83. The summed E-state index contributed by atoms with van der Waals surface area (Å²) < 4.78 is 5.22. The highest BCUT2D eigenvalue weighted by atomic mass is 32.1. The van der Waals surface area contributed by atoms with Gasteiger partial charge in [-0.3, -0.25) is 4.79 Å². The molecule has 0 spiro atoms. The van der Waals surface area contributed by atoms with Crippen molar-refractivity contribution in [3.8, 4) is 11.5 Å². The number of ether oxygens (including phenoxy) is 1. The number of H-pyrrole nitrogens is 1. The van der Waals surface area contributed by atoms with Crippen molar-refractivity contribution < 1.29 is 14.6 Å². The molecule has 1 amide bonds. The van der Waals surface area contributed by atoms with Crippen molar-refractivity contribution in [2.75, 3.05) is 7.11 Å². The minimum absolute atomic E-state index is 0.0826. The molecule has 17 heavy (non-hydrogen) atoms. The van der Waals surface area contributed by atoms with Gasteiger partial charge in [0.1, 0.15) is 21.7 Å². The van der Waals surface area contributed by atoms with E-state index in [1.165, 1.54) is 7.11 Å². The predicted molar refractivity (Wildman–Crippen MR) is 65.9 cm³/mol. The zero-order chi connectivity index (χ0) is 12.6. The Kier molecular flexibility index (Phi) is 2.72. The Labute approximate surface area is 102 Å². The van der Waals surface area contributed by atoms with Gasteiger partial charge in [-0.05, 0) is 12.1 Å². The normalized spacial score (nSPS) is 10.4. The number of hydrogen-bond acceptors (Lipinski definition) is 4. The number of rotatable bonds is 2. The quantitative estimate of drug-likeness (QED) is 0.708. The number of benzene rings is 1. The van der Waals surface area contributed by atoms with Crippen LogP contribution in [0.4, 0.5) is 0 Å². The van der Waals surface area contributed by atoms with Crippen molar-refractivity contribution in [1.82, 2.24) is 4.98 Å². The van der Waals surface area contributed by atoms with E-state index < -0.39 is 5.91 Å². The summed E-state index contributed by atoms with van der Waals surface area (Å²) in [4.78, 5) is 14.0. The molecule has 0 atom stereocenters. The van der Waals surface area contributed by atoms with Crippen molar-refractivity contribution in [3.05, 3.63) is 28.4 Å². The van der Waals surface area contributed by atoms with Gasteiger partial charge in [-0.2, -0.15) is 0 Å². The molecule has 0 aliphatic carbocycles. The Morgan fingerprint density at radius 2 is 2.24 bits per heavy atom. The molecule has 0 saturated heterocycles. The average molecular weight is 250 g/mol. The summed E-state index contributed by atoms with van der Waals surface area (Å²) in [5, 5.41) is 10.4. The van der Waals surface area contributed by atoms with Crippen LogP contribution in [0.25, 0.3) is 10.9 Å². The van der Waals surface area contributed by atoms with Crippen LogP contribution in [-0.4, -0.2) is 23.1 Å². The monoisotopic (exact) mass is 250 g/mol. The Morgan fingerprint density at radius 3 is 2.82 bits per heavy atom. The SMILES string of the molecule is COc1cccc2c(O)c(C(N)=O)c(=S)[nH]c12. The van der Waals surface area contributed by atoms with E-state index in [0.29, 0.717) is 16.7 Å². The predicted octanol–water partition coefficient (Wildman–Crippen LogP) is 1.71. The summed E-state index contributed by atoms with van der Waals surface area (Å²) in [5.74, 6) is -0.469. The minimum Gasteiger partial charge on any atom is -0.506 e. The number of amides is 1. The maximum absolute atomic E-state index is 11.2. The van der Waals surface area contributed by atoms with E-state index in [0.717, 1.165) is 0 Å². The van der Waals surface area contributed by atoms with Crippen LogP contribution in [0.3, 0.4) is 0 Å². The Balaban J connectivity index is 2.96. The van der Waals surface area contributed by atoms with E-state index >= 15 is 0 Å². The maximum atomic E-state index is 11.2.